The summed E-state index contributed by atoms with van der Waals surface area (Å²) in [6, 6.07) is 12.6. The van der Waals surface area contributed by atoms with Gasteiger partial charge in [-0.15, -0.1) is 0 Å². The van der Waals surface area contributed by atoms with Gasteiger partial charge in [0.1, 0.15) is 31.5 Å². The number of hydrogen-bond donors (Lipinski definition) is 4. The Morgan fingerprint density at radius 2 is 1.65 bits per heavy atom. The predicted molar refractivity (Wildman–Crippen MR) is 136 cm³/mol. The van der Waals surface area contributed by atoms with Crippen LogP contribution in [-0.2, 0) is 30.5 Å². The minimum absolute atomic E-state index is 0.0162. The topological polar surface area (TPSA) is 207 Å². The van der Waals surface area contributed by atoms with Crippen LogP contribution in [0.15, 0.2) is 54.6 Å². The van der Waals surface area contributed by atoms with Crippen LogP contribution in [0.5, 0.6) is 5.75 Å². The summed E-state index contributed by atoms with van der Waals surface area (Å²) in [5, 5.41) is 27.6. The van der Waals surface area contributed by atoms with Gasteiger partial charge in [0, 0.05) is 25.1 Å². The standard InChI is InChI=1S/C25H27N5O10/c31-18-10-20(24(35)27-13-23(34)40-19-8-6-17(7-9-19)30(37)38)29(14-18)22(33)12-26-21(32)11-28-25(36)39-15-16-4-2-1-3-5-16/h1-9,18,20,31H,10-15H2,(H,26,32)(H,27,35)(H,28,36). The summed E-state index contributed by atoms with van der Waals surface area (Å²) in [5.41, 5.74) is 0.576. The van der Waals surface area contributed by atoms with E-state index in [0.717, 1.165) is 22.6 Å². The van der Waals surface area contributed by atoms with Crippen LogP contribution in [0.4, 0.5) is 10.5 Å². The summed E-state index contributed by atoms with van der Waals surface area (Å²) in [5.74, 6) is -2.89. The first-order valence-corrected chi connectivity index (χ1v) is 12.0. The number of nitro benzene ring substituents is 1. The summed E-state index contributed by atoms with van der Waals surface area (Å²) in [6.07, 6.45) is -1.90. The maximum Gasteiger partial charge on any atom is 0.407 e. The number of carbonyl (C=O) groups excluding carboxylic acids is 5. The van der Waals surface area contributed by atoms with E-state index in [0.29, 0.717) is 0 Å². The lowest BCUT2D eigenvalue weighted by Gasteiger charge is -2.23. The van der Waals surface area contributed by atoms with Crippen LogP contribution in [0.2, 0.25) is 0 Å². The maximum absolute atomic E-state index is 12.6. The molecule has 0 aromatic heterocycles. The number of amides is 4. The average molecular weight is 558 g/mol. The molecule has 3 rings (SSSR count). The Morgan fingerprint density at radius 1 is 0.950 bits per heavy atom. The molecular formula is C25H27N5O10. The second kappa shape index (κ2) is 14.2. The van der Waals surface area contributed by atoms with Crippen LogP contribution in [0.3, 0.4) is 0 Å². The number of nitrogens with zero attached hydrogens (tertiary/aromatic N) is 2. The molecule has 15 heteroatoms. The van der Waals surface area contributed by atoms with Gasteiger partial charge in [0.15, 0.2) is 0 Å². The number of esters is 1. The zero-order valence-electron chi connectivity index (χ0n) is 21.1. The zero-order chi connectivity index (χ0) is 29.1. The summed E-state index contributed by atoms with van der Waals surface area (Å²) < 4.78 is 10.00. The van der Waals surface area contributed by atoms with Gasteiger partial charge in [-0.1, -0.05) is 30.3 Å². The van der Waals surface area contributed by atoms with Gasteiger partial charge in [0.2, 0.25) is 17.7 Å². The van der Waals surface area contributed by atoms with Crippen LogP contribution in [0, 0.1) is 10.1 Å². The molecule has 4 N–H and O–H groups in total. The molecule has 2 unspecified atom stereocenters. The zero-order valence-corrected chi connectivity index (χ0v) is 21.1. The number of aliphatic hydroxyl groups is 1. The number of benzene rings is 2. The van der Waals surface area contributed by atoms with Crippen LogP contribution >= 0.6 is 0 Å². The van der Waals surface area contributed by atoms with Crippen molar-refractivity contribution in [1.29, 1.82) is 0 Å². The molecule has 1 heterocycles. The average Bonchev–Trinajstić information content (AvgIpc) is 3.35. The lowest BCUT2D eigenvalue weighted by Crippen LogP contribution is -2.50. The number of rotatable bonds is 11. The highest BCUT2D eigenvalue weighted by atomic mass is 16.6. The molecule has 1 aliphatic rings. The van der Waals surface area contributed by atoms with Gasteiger partial charge >= 0.3 is 12.1 Å². The third kappa shape index (κ3) is 9.05. The second-order valence-corrected chi connectivity index (χ2v) is 8.59. The van der Waals surface area contributed by atoms with Gasteiger partial charge in [-0.05, 0) is 17.7 Å². The van der Waals surface area contributed by atoms with E-state index < -0.39 is 66.5 Å². The van der Waals surface area contributed by atoms with E-state index in [1.165, 1.54) is 12.1 Å². The molecule has 40 heavy (non-hydrogen) atoms. The number of alkyl carbamates (subject to hydrolysis) is 1. The molecule has 212 valence electrons. The molecule has 1 saturated heterocycles. The maximum atomic E-state index is 12.6. The number of carbonyl (C=O) groups is 5. The Balaban J connectivity index is 1.39. The van der Waals surface area contributed by atoms with Crippen LogP contribution in [-0.4, -0.2) is 83.0 Å². The van der Waals surface area contributed by atoms with E-state index in [9.17, 15) is 39.2 Å². The largest absolute Gasteiger partial charge is 0.445 e. The lowest BCUT2D eigenvalue weighted by molar-refractivity contribution is -0.384. The third-order valence-corrected chi connectivity index (χ3v) is 5.63. The molecule has 1 fully saturated rings. The van der Waals surface area contributed by atoms with Crippen molar-refractivity contribution in [3.8, 4) is 5.75 Å². The van der Waals surface area contributed by atoms with Crippen molar-refractivity contribution in [2.24, 2.45) is 0 Å². The van der Waals surface area contributed by atoms with E-state index in [1.807, 2.05) is 6.07 Å². The van der Waals surface area contributed by atoms with Crippen molar-refractivity contribution >= 4 is 35.5 Å². The number of aliphatic hydroxyl groups excluding tert-OH is 1. The molecule has 0 saturated carbocycles. The molecule has 2 atom stereocenters. The minimum Gasteiger partial charge on any atom is -0.445 e. The fourth-order valence-corrected chi connectivity index (χ4v) is 3.68. The number of hydrogen-bond acceptors (Lipinski definition) is 10. The third-order valence-electron chi connectivity index (χ3n) is 5.63. The van der Waals surface area contributed by atoms with Crippen LogP contribution < -0.4 is 20.7 Å². The molecule has 1 aliphatic heterocycles. The predicted octanol–water partition coefficient (Wildman–Crippen LogP) is -0.379. The van der Waals surface area contributed by atoms with Gasteiger partial charge in [-0.3, -0.25) is 24.5 Å². The fraction of sp³-hybridized carbons (Fsp3) is 0.320. The highest BCUT2D eigenvalue weighted by molar-refractivity contribution is 5.92. The Labute approximate surface area is 227 Å². The highest BCUT2D eigenvalue weighted by Crippen LogP contribution is 2.19. The van der Waals surface area contributed by atoms with Gasteiger partial charge in [0.25, 0.3) is 5.69 Å². The number of β-amino-alcohol motifs (C(OH)–C–C–N with tert-alkyl or cyclic N) is 1. The SMILES string of the molecule is O=C(CNC(=O)OCc1ccccc1)NCC(=O)N1CC(O)CC1C(=O)NCC(=O)Oc1ccc([N+](=O)[O-])cc1. The fourth-order valence-electron chi connectivity index (χ4n) is 3.68. The smallest absolute Gasteiger partial charge is 0.407 e. The molecule has 15 nitrogen and oxygen atoms in total. The molecule has 0 aliphatic carbocycles. The second-order valence-electron chi connectivity index (χ2n) is 8.59. The quantitative estimate of drug-likeness (QED) is 0.122. The monoisotopic (exact) mass is 557 g/mol. The minimum atomic E-state index is -1.10. The first-order valence-electron chi connectivity index (χ1n) is 12.0. The van der Waals surface area contributed by atoms with E-state index in [2.05, 4.69) is 16.0 Å². The molecular weight excluding hydrogens is 530 g/mol. The van der Waals surface area contributed by atoms with Gasteiger partial charge in [-0.25, -0.2) is 9.59 Å². The number of non-ortho nitro benzene ring substituents is 1. The first-order chi connectivity index (χ1) is 19.1. The molecule has 0 spiro atoms. The van der Waals surface area contributed by atoms with Crippen molar-refractivity contribution in [3.05, 3.63) is 70.3 Å². The Morgan fingerprint density at radius 3 is 2.33 bits per heavy atom. The van der Waals surface area contributed by atoms with Gasteiger partial charge in [0.05, 0.1) is 17.6 Å². The van der Waals surface area contributed by atoms with Crippen molar-refractivity contribution in [3.63, 3.8) is 0 Å². The molecule has 2 aromatic carbocycles. The van der Waals surface area contributed by atoms with Crippen LogP contribution in [0.25, 0.3) is 0 Å². The summed E-state index contributed by atoms with van der Waals surface area (Å²) >= 11 is 0. The van der Waals surface area contributed by atoms with E-state index in [4.69, 9.17) is 9.47 Å². The Hall–Kier alpha value is -5.05. The lowest BCUT2D eigenvalue weighted by atomic mass is 10.2. The summed E-state index contributed by atoms with van der Waals surface area (Å²) in [6.45, 7) is -1.66. The van der Waals surface area contributed by atoms with Gasteiger partial charge in [-0.2, -0.15) is 0 Å². The van der Waals surface area contributed by atoms with Crippen LogP contribution in [0.1, 0.15) is 12.0 Å². The number of ether oxygens (including phenoxy) is 2. The van der Waals surface area contributed by atoms with E-state index in [-0.39, 0.29) is 31.0 Å². The first kappa shape index (κ1) is 29.5. The summed E-state index contributed by atoms with van der Waals surface area (Å²) in [7, 11) is 0. The molecule has 0 bridgehead atoms. The van der Waals surface area contributed by atoms with E-state index in [1.54, 1.807) is 24.3 Å². The van der Waals surface area contributed by atoms with Crippen molar-refractivity contribution in [2.45, 2.75) is 25.2 Å². The molecule has 0 radical (unpaired) electrons. The Kier molecular flexibility index (Phi) is 10.5. The summed E-state index contributed by atoms with van der Waals surface area (Å²) in [4.78, 5) is 72.2. The van der Waals surface area contributed by atoms with Crippen molar-refractivity contribution in [1.82, 2.24) is 20.9 Å². The Bertz CT molecular complexity index is 1240. The normalized spacial score (nSPS) is 16.0. The van der Waals surface area contributed by atoms with E-state index >= 15 is 0 Å². The molecule has 4 amide bonds. The van der Waals surface area contributed by atoms with Crippen molar-refractivity contribution < 1.29 is 43.5 Å². The van der Waals surface area contributed by atoms with Gasteiger partial charge < -0.3 is 35.4 Å². The highest BCUT2D eigenvalue weighted by Gasteiger charge is 2.38. The molecule has 2 aromatic rings. The number of nitro groups is 1. The number of nitrogens with one attached hydrogen (secondary N) is 3. The van der Waals surface area contributed by atoms with Crippen molar-refractivity contribution in [2.75, 3.05) is 26.2 Å². The number of likely N-dealkylation sites (tertiary alicyclic amines) is 1.